The summed E-state index contributed by atoms with van der Waals surface area (Å²) in [5, 5.41) is 14.5. The van der Waals surface area contributed by atoms with E-state index in [1.165, 1.54) is 0 Å². The third kappa shape index (κ3) is 3.68. The number of carboxylic acid groups (broad SMARTS) is 1. The first-order valence-electron chi connectivity index (χ1n) is 7.22. The van der Waals surface area contributed by atoms with Crippen molar-refractivity contribution >= 4 is 30.4 Å². The van der Waals surface area contributed by atoms with Crippen molar-refractivity contribution in [1.29, 1.82) is 0 Å². The van der Waals surface area contributed by atoms with Crippen LogP contribution in [-0.2, 0) is 14.4 Å². The molecule has 3 atom stereocenters. The lowest BCUT2D eigenvalue weighted by Gasteiger charge is -2.27. The van der Waals surface area contributed by atoms with Crippen molar-refractivity contribution in [2.24, 2.45) is 0 Å². The smallest absolute Gasteiger partial charge is 0.327 e. The highest BCUT2D eigenvalue weighted by Crippen LogP contribution is 2.21. The summed E-state index contributed by atoms with van der Waals surface area (Å²) in [6, 6.07) is -1.80. The van der Waals surface area contributed by atoms with Crippen LogP contribution in [-0.4, -0.2) is 64.8 Å². The number of hydrogen-bond donors (Lipinski definition) is 4. The van der Waals surface area contributed by atoms with E-state index >= 15 is 0 Å². The zero-order valence-electron chi connectivity index (χ0n) is 11.7. The highest BCUT2D eigenvalue weighted by atomic mass is 32.1. The molecule has 3 N–H and O–H groups in total. The first-order valence-corrected chi connectivity index (χ1v) is 7.85. The molecular weight excluding hydrogens is 294 g/mol. The summed E-state index contributed by atoms with van der Waals surface area (Å²) in [7, 11) is 0. The predicted octanol–water partition coefficient (Wildman–Crippen LogP) is -0.771. The quantitative estimate of drug-likeness (QED) is 0.499. The highest BCUT2D eigenvalue weighted by Gasteiger charge is 2.38. The second kappa shape index (κ2) is 7.13. The molecule has 8 heteroatoms. The van der Waals surface area contributed by atoms with Gasteiger partial charge in [-0.1, -0.05) is 0 Å². The number of carbonyl (C=O) groups excluding carboxylic acids is 2. The molecule has 2 rings (SSSR count). The Hall–Kier alpha value is -1.28. The molecule has 118 valence electrons. The summed E-state index contributed by atoms with van der Waals surface area (Å²) < 4.78 is 0. The number of carbonyl (C=O) groups is 3. The third-order valence-electron chi connectivity index (χ3n) is 3.99. The van der Waals surface area contributed by atoms with Gasteiger partial charge in [-0.3, -0.25) is 9.59 Å². The zero-order chi connectivity index (χ0) is 15.4. The standard InChI is InChI=1S/C13H21N3O4S/c17-11(15-9(7-21)13(19)20)10-4-2-6-16(10)12(18)8-3-1-5-14-8/h8-10,14,21H,1-7H2,(H,15,17)(H,19,20)/t8-,9-,10-/m0/s1. The molecule has 0 aromatic rings. The molecule has 2 saturated heterocycles. The average Bonchev–Trinajstić information content (AvgIpc) is 3.13. The Balaban J connectivity index is 1.98. The van der Waals surface area contributed by atoms with E-state index in [1.54, 1.807) is 4.90 Å². The number of nitrogens with zero attached hydrogens (tertiary/aromatic N) is 1. The molecular formula is C13H21N3O4S. The van der Waals surface area contributed by atoms with Crippen LogP contribution in [0.3, 0.4) is 0 Å². The van der Waals surface area contributed by atoms with Crippen LogP contribution in [0.15, 0.2) is 0 Å². The van der Waals surface area contributed by atoms with Gasteiger partial charge in [0.15, 0.2) is 0 Å². The van der Waals surface area contributed by atoms with Crippen LogP contribution < -0.4 is 10.6 Å². The number of hydrogen-bond acceptors (Lipinski definition) is 5. The van der Waals surface area contributed by atoms with Gasteiger partial charge in [0.25, 0.3) is 0 Å². The van der Waals surface area contributed by atoms with E-state index in [-0.39, 0.29) is 17.7 Å². The molecule has 0 aromatic carbocycles. The van der Waals surface area contributed by atoms with E-state index in [0.29, 0.717) is 13.0 Å². The predicted molar refractivity (Wildman–Crippen MR) is 79.2 cm³/mol. The van der Waals surface area contributed by atoms with Gasteiger partial charge in [-0.2, -0.15) is 12.6 Å². The van der Waals surface area contributed by atoms with Gasteiger partial charge in [0.2, 0.25) is 11.8 Å². The molecule has 0 bridgehead atoms. The van der Waals surface area contributed by atoms with E-state index in [2.05, 4.69) is 23.3 Å². The third-order valence-corrected chi connectivity index (χ3v) is 4.36. The van der Waals surface area contributed by atoms with E-state index in [0.717, 1.165) is 25.8 Å². The summed E-state index contributed by atoms with van der Waals surface area (Å²) in [5.74, 6) is -1.55. The lowest BCUT2D eigenvalue weighted by Crippen LogP contribution is -2.54. The van der Waals surface area contributed by atoms with Gasteiger partial charge in [-0.15, -0.1) is 0 Å². The second-order valence-electron chi connectivity index (χ2n) is 5.42. The van der Waals surface area contributed by atoms with Crippen LogP contribution in [0, 0.1) is 0 Å². The van der Waals surface area contributed by atoms with Crippen LogP contribution >= 0.6 is 12.6 Å². The van der Waals surface area contributed by atoms with E-state index < -0.39 is 24.0 Å². The monoisotopic (exact) mass is 315 g/mol. The highest BCUT2D eigenvalue weighted by molar-refractivity contribution is 7.80. The number of aliphatic carboxylic acids is 1. The van der Waals surface area contributed by atoms with E-state index in [9.17, 15) is 14.4 Å². The minimum absolute atomic E-state index is 0.0198. The van der Waals surface area contributed by atoms with Gasteiger partial charge < -0.3 is 20.6 Å². The van der Waals surface area contributed by atoms with Crippen molar-refractivity contribution in [2.75, 3.05) is 18.8 Å². The van der Waals surface area contributed by atoms with Crippen LogP contribution in [0.5, 0.6) is 0 Å². The van der Waals surface area contributed by atoms with Crippen molar-refractivity contribution in [2.45, 2.75) is 43.8 Å². The van der Waals surface area contributed by atoms with Gasteiger partial charge >= 0.3 is 5.97 Å². The number of likely N-dealkylation sites (tertiary alicyclic amines) is 1. The summed E-state index contributed by atoms with van der Waals surface area (Å²) in [5.41, 5.74) is 0. The molecule has 7 nitrogen and oxygen atoms in total. The van der Waals surface area contributed by atoms with Gasteiger partial charge in [-0.05, 0) is 32.2 Å². The number of carboxylic acids is 1. The van der Waals surface area contributed by atoms with Crippen LogP contribution in [0.2, 0.25) is 0 Å². The molecule has 2 aliphatic rings. The fourth-order valence-electron chi connectivity index (χ4n) is 2.85. The van der Waals surface area contributed by atoms with Gasteiger partial charge in [0.1, 0.15) is 12.1 Å². The Morgan fingerprint density at radius 1 is 1.33 bits per heavy atom. The van der Waals surface area contributed by atoms with Gasteiger partial charge in [-0.25, -0.2) is 4.79 Å². The fraction of sp³-hybridized carbons (Fsp3) is 0.769. The van der Waals surface area contributed by atoms with Crippen LogP contribution in [0.25, 0.3) is 0 Å². The van der Waals surface area contributed by atoms with Gasteiger partial charge in [0.05, 0.1) is 6.04 Å². The summed E-state index contributed by atoms with van der Waals surface area (Å²) in [4.78, 5) is 37.2. The molecule has 2 heterocycles. The largest absolute Gasteiger partial charge is 0.480 e. The minimum Gasteiger partial charge on any atom is -0.480 e. The number of nitrogens with one attached hydrogen (secondary N) is 2. The zero-order valence-corrected chi connectivity index (χ0v) is 12.6. The first kappa shape index (κ1) is 16.1. The number of amides is 2. The molecule has 0 saturated carbocycles. The number of thiol groups is 1. The lowest BCUT2D eigenvalue weighted by atomic mass is 10.1. The normalized spacial score (nSPS) is 26.6. The van der Waals surface area contributed by atoms with Crippen molar-refractivity contribution < 1.29 is 19.5 Å². The van der Waals surface area contributed by atoms with Crippen molar-refractivity contribution in [1.82, 2.24) is 15.5 Å². The molecule has 0 aromatic heterocycles. The lowest BCUT2D eigenvalue weighted by molar-refractivity contribution is -0.143. The second-order valence-corrected chi connectivity index (χ2v) is 5.79. The summed E-state index contributed by atoms with van der Waals surface area (Å²) in [6.45, 7) is 1.37. The summed E-state index contributed by atoms with van der Waals surface area (Å²) >= 11 is 3.92. The van der Waals surface area contributed by atoms with E-state index in [4.69, 9.17) is 5.11 Å². The fourth-order valence-corrected chi connectivity index (χ4v) is 3.10. The molecule has 2 aliphatic heterocycles. The molecule has 21 heavy (non-hydrogen) atoms. The topological polar surface area (TPSA) is 98.7 Å². The molecule has 0 aliphatic carbocycles. The van der Waals surface area contributed by atoms with Crippen LogP contribution in [0.4, 0.5) is 0 Å². The Labute approximate surface area is 128 Å². The average molecular weight is 315 g/mol. The Morgan fingerprint density at radius 2 is 2.10 bits per heavy atom. The molecule has 0 radical (unpaired) electrons. The molecule has 0 unspecified atom stereocenters. The minimum atomic E-state index is -1.12. The van der Waals surface area contributed by atoms with Crippen LogP contribution in [0.1, 0.15) is 25.7 Å². The first-order chi connectivity index (χ1) is 10.0. The Bertz CT molecular complexity index is 426. The SMILES string of the molecule is O=C(O)[C@H](CS)NC(=O)[C@@H]1CCCN1C(=O)[C@@H]1CCCN1. The van der Waals surface area contributed by atoms with Crippen molar-refractivity contribution in [3.8, 4) is 0 Å². The maximum absolute atomic E-state index is 12.4. The summed E-state index contributed by atoms with van der Waals surface area (Å²) in [6.07, 6.45) is 3.08. The number of rotatable bonds is 5. The van der Waals surface area contributed by atoms with Crippen molar-refractivity contribution in [3.05, 3.63) is 0 Å². The molecule has 2 amide bonds. The maximum atomic E-state index is 12.4. The Morgan fingerprint density at radius 3 is 2.67 bits per heavy atom. The van der Waals surface area contributed by atoms with E-state index in [1.807, 2.05) is 0 Å². The molecule has 2 fully saturated rings. The maximum Gasteiger partial charge on any atom is 0.327 e. The van der Waals surface area contributed by atoms with Gasteiger partial charge in [0, 0.05) is 12.3 Å². The molecule has 0 spiro atoms. The Kier molecular flexibility index (Phi) is 5.46. The van der Waals surface area contributed by atoms with Crippen molar-refractivity contribution in [3.63, 3.8) is 0 Å².